The predicted octanol–water partition coefficient (Wildman–Crippen LogP) is 3.88. The van der Waals surface area contributed by atoms with Gasteiger partial charge in [-0.25, -0.2) is 14.6 Å². The summed E-state index contributed by atoms with van der Waals surface area (Å²) in [6.07, 6.45) is 0. The quantitative estimate of drug-likeness (QED) is 0.507. The van der Waals surface area contributed by atoms with Crippen LogP contribution in [0.3, 0.4) is 0 Å². The smallest absolute Gasteiger partial charge is 0.337 e. The molecule has 7 nitrogen and oxygen atoms in total. The molecule has 0 saturated carbocycles. The SMILES string of the molecule is Cc1ccc(-c2nc3scc(C(=O)O)c3c(=O)n2Cc2cccc(C(=O)O)c2)cc1. The number of thiophene rings is 1. The van der Waals surface area contributed by atoms with Gasteiger partial charge in [0.2, 0.25) is 0 Å². The van der Waals surface area contributed by atoms with E-state index in [2.05, 4.69) is 4.98 Å². The Bertz CT molecular complexity index is 1350. The second-order valence-corrected chi connectivity index (χ2v) is 7.69. The molecule has 150 valence electrons. The fourth-order valence-corrected chi connectivity index (χ4v) is 4.14. The zero-order chi connectivity index (χ0) is 21.4. The second kappa shape index (κ2) is 7.57. The summed E-state index contributed by atoms with van der Waals surface area (Å²) in [4.78, 5) is 41.2. The third-order valence-corrected chi connectivity index (χ3v) is 5.62. The molecule has 8 heteroatoms. The standard InChI is InChI=1S/C22H16N2O5S/c1-12-5-7-14(8-6-12)18-23-19-17(16(11-30-19)22(28)29)20(25)24(18)10-13-3-2-4-15(9-13)21(26)27/h2-9,11H,10H2,1H3,(H,26,27)(H,28,29). The van der Waals surface area contributed by atoms with Crippen LogP contribution in [0.4, 0.5) is 0 Å². The van der Waals surface area contributed by atoms with Crippen molar-refractivity contribution in [1.29, 1.82) is 0 Å². The Hall–Kier alpha value is -3.78. The van der Waals surface area contributed by atoms with Gasteiger partial charge in [0.05, 0.1) is 23.1 Å². The van der Waals surface area contributed by atoms with Gasteiger partial charge in [-0.3, -0.25) is 9.36 Å². The van der Waals surface area contributed by atoms with Crippen molar-refractivity contribution in [2.75, 3.05) is 0 Å². The first kappa shape index (κ1) is 19.5. The van der Waals surface area contributed by atoms with Crippen LogP contribution in [0.5, 0.6) is 0 Å². The summed E-state index contributed by atoms with van der Waals surface area (Å²) in [5.41, 5.74) is 1.89. The van der Waals surface area contributed by atoms with Gasteiger partial charge >= 0.3 is 11.9 Å². The topological polar surface area (TPSA) is 109 Å². The molecule has 4 aromatic rings. The lowest BCUT2D eigenvalue weighted by Crippen LogP contribution is -2.25. The molecule has 0 aliphatic rings. The molecule has 0 amide bonds. The van der Waals surface area contributed by atoms with Gasteiger partial charge in [-0.15, -0.1) is 11.3 Å². The molecule has 0 spiro atoms. The summed E-state index contributed by atoms with van der Waals surface area (Å²) >= 11 is 1.11. The molecule has 2 N–H and O–H groups in total. The van der Waals surface area contributed by atoms with Crippen LogP contribution in [0, 0.1) is 6.92 Å². The van der Waals surface area contributed by atoms with Crippen molar-refractivity contribution in [3.8, 4) is 11.4 Å². The van der Waals surface area contributed by atoms with Crippen LogP contribution in [-0.2, 0) is 6.54 Å². The number of carboxylic acids is 2. The second-order valence-electron chi connectivity index (χ2n) is 6.83. The highest BCUT2D eigenvalue weighted by Gasteiger charge is 2.20. The van der Waals surface area contributed by atoms with E-state index in [1.165, 1.54) is 22.1 Å². The van der Waals surface area contributed by atoms with Gasteiger partial charge < -0.3 is 10.2 Å². The Kier molecular flexibility index (Phi) is 4.93. The molecule has 30 heavy (non-hydrogen) atoms. The van der Waals surface area contributed by atoms with Crippen molar-refractivity contribution < 1.29 is 19.8 Å². The molecule has 0 bridgehead atoms. The van der Waals surface area contributed by atoms with Crippen molar-refractivity contribution >= 4 is 33.5 Å². The average Bonchev–Trinajstić information content (AvgIpc) is 3.15. The molecule has 0 saturated heterocycles. The molecular weight excluding hydrogens is 404 g/mol. The maximum Gasteiger partial charge on any atom is 0.337 e. The van der Waals surface area contributed by atoms with E-state index in [-0.39, 0.29) is 23.1 Å². The zero-order valence-corrected chi connectivity index (χ0v) is 16.6. The normalized spacial score (nSPS) is 11.0. The Morgan fingerprint density at radius 1 is 1.07 bits per heavy atom. The summed E-state index contributed by atoms with van der Waals surface area (Å²) in [6.45, 7) is 2.00. The molecule has 4 rings (SSSR count). The highest BCUT2D eigenvalue weighted by molar-refractivity contribution is 7.17. The van der Waals surface area contributed by atoms with Crippen LogP contribution in [0.2, 0.25) is 0 Å². The Labute approximate surface area is 174 Å². The number of hydrogen-bond acceptors (Lipinski definition) is 5. The number of aryl methyl sites for hydroxylation is 1. The van der Waals surface area contributed by atoms with Gasteiger partial charge in [0.1, 0.15) is 10.7 Å². The van der Waals surface area contributed by atoms with E-state index >= 15 is 0 Å². The minimum atomic E-state index is -1.19. The monoisotopic (exact) mass is 420 g/mol. The van der Waals surface area contributed by atoms with Crippen LogP contribution < -0.4 is 5.56 Å². The zero-order valence-electron chi connectivity index (χ0n) is 15.8. The highest BCUT2D eigenvalue weighted by Crippen LogP contribution is 2.26. The van der Waals surface area contributed by atoms with E-state index in [9.17, 15) is 24.6 Å². The molecule has 2 aromatic heterocycles. The van der Waals surface area contributed by atoms with E-state index in [0.717, 1.165) is 16.9 Å². The van der Waals surface area contributed by atoms with Gasteiger partial charge in [0.25, 0.3) is 5.56 Å². The summed E-state index contributed by atoms with van der Waals surface area (Å²) in [5, 5.41) is 20.2. The Morgan fingerprint density at radius 2 is 1.80 bits per heavy atom. The number of aromatic carboxylic acids is 2. The van der Waals surface area contributed by atoms with Crippen molar-refractivity contribution in [3.63, 3.8) is 0 Å². The number of benzene rings is 2. The van der Waals surface area contributed by atoms with Crippen LogP contribution in [0.1, 0.15) is 31.8 Å². The first-order valence-corrected chi connectivity index (χ1v) is 9.87. The number of hydrogen-bond donors (Lipinski definition) is 2. The first-order chi connectivity index (χ1) is 14.3. The molecule has 0 unspecified atom stereocenters. The molecule has 0 radical (unpaired) electrons. The van der Waals surface area contributed by atoms with E-state index in [1.54, 1.807) is 12.1 Å². The lowest BCUT2D eigenvalue weighted by Gasteiger charge is -2.13. The van der Waals surface area contributed by atoms with Crippen LogP contribution in [0.15, 0.2) is 58.7 Å². The summed E-state index contributed by atoms with van der Waals surface area (Å²) in [7, 11) is 0. The fraction of sp³-hybridized carbons (Fsp3) is 0.0909. The number of carbonyl (C=O) groups is 2. The molecule has 0 aliphatic carbocycles. The fourth-order valence-electron chi connectivity index (χ4n) is 3.24. The van der Waals surface area contributed by atoms with Crippen LogP contribution in [-0.4, -0.2) is 31.7 Å². The van der Waals surface area contributed by atoms with Gasteiger partial charge in [-0.05, 0) is 24.6 Å². The summed E-state index contributed by atoms with van der Waals surface area (Å²) in [6, 6.07) is 13.8. The van der Waals surface area contributed by atoms with Gasteiger partial charge in [0, 0.05) is 10.9 Å². The molecule has 2 aromatic carbocycles. The van der Waals surface area contributed by atoms with Crippen molar-refractivity contribution in [2.24, 2.45) is 0 Å². The maximum absolute atomic E-state index is 13.3. The van der Waals surface area contributed by atoms with E-state index < -0.39 is 17.5 Å². The van der Waals surface area contributed by atoms with Crippen LogP contribution >= 0.6 is 11.3 Å². The number of nitrogens with zero attached hydrogens (tertiary/aromatic N) is 2. The van der Waals surface area contributed by atoms with E-state index in [0.29, 0.717) is 21.8 Å². The van der Waals surface area contributed by atoms with Crippen molar-refractivity contribution in [3.05, 3.63) is 86.5 Å². The molecule has 0 atom stereocenters. The highest BCUT2D eigenvalue weighted by atomic mass is 32.1. The molecular formula is C22H16N2O5S. The minimum absolute atomic E-state index is 0.0535. The molecule has 2 heterocycles. The molecule has 0 aliphatic heterocycles. The van der Waals surface area contributed by atoms with E-state index in [1.807, 2.05) is 31.2 Å². The summed E-state index contributed by atoms with van der Waals surface area (Å²) in [5.74, 6) is -1.86. The lowest BCUT2D eigenvalue weighted by molar-refractivity contribution is 0.0687. The number of carboxylic acid groups (broad SMARTS) is 2. The first-order valence-electron chi connectivity index (χ1n) is 9.00. The third-order valence-electron chi connectivity index (χ3n) is 4.75. The Morgan fingerprint density at radius 3 is 2.47 bits per heavy atom. The van der Waals surface area contributed by atoms with Gasteiger partial charge in [-0.2, -0.15) is 0 Å². The third kappa shape index (κ3) is 3.48. The number of fused-ring (bicyclic) bond motifs is 1. The summed E-state index contributed by atoms with van der Waals surface area (Å²) < 4.78 is 1.40. The largest absolute Gasteiger partial charge is 0.478 e. The van der Waals surface area contributed by atoms with Gasteiger partial charge in [0.15, 0.2) is 0 Å². The van der Waals surface area contributed by atoms with E-state index in [4.69, 9.17) is 0 Å². The number of aromatic nitrogens is 2. The lowest BCUT2D eigenvalue weighted by atomic mass is 10.1. The predicted molar refractivity (Wildman–Crippen MR) is 114 cm³/mol. The Balaban J connectivity index is 1.97. The van der Waals surface area contributed by atoms with Crippen molar-refractivity contribution in [2.45, 2.75) is 13.5 Å². The molecule has 0 fully saturated rings. The van der Waals surface area contributed by atoms with Crippen molar-refractivity contribution in [1.82, 2.24) is 9.55 Å². The average molecular weight is 420 g/mol. The minimum Gasteiger partial charge on any atom is -0.478 e. The van der Waals surface area contributed by atoms with Gasteiger partial charge in [-0.1, -0.05) is 42.0 Å². The maximum atomic E-state index is 13.3. The van der Waals surface area contributed by atoms with Crippen LogP contribution in [0.25, 0.3) is 21.6 Å². The number of rotatable bonds is 5.